The van der Waals surface area contributed by atoms with Gasteiger partial charge >= 0.3 is 0 Å². The Kier molecular flexibility index (Phi) is 3.08. The fraction of sp³-hybridized carbons (Fsp3) is 0.385. The maximum atomic E-state index is 3.70. The van der Waals surface area contributed by atoms with Crippen molar-refractivity contribution in [3.8, 4) is 0 Å². The first-order valence-corrected chi connectivity index (χ1v) is 6.29. The molecule has 1 heterocycles. The van der Waals surface area contributed by atoms with Gasteiger partial charge in [0.25, 0.3) is 0 Å². The van der Waals surface area contributed by atoms with E-state index in [9.17, 15) is 0 Å². The number of hydrogen-bond donors (Lipinski definition) is 2. The van der Waals surface area contributed by atoms with Crippen molar-refractivity contribution in [1.82, 2.24) is 10.3 Å². The standard InChI is InChI=1S/C13H17BrN2/c1-7-5-8(2)11-10(6-7)16-13(12(11)14)9(3)15-4/h5-6,9,15-16H,1-4H3. The highest BCUT2D eigenvalue weighted by Gasteiger charge is 2.15. The normalized spacial score (nSPS) is 13.3. The Morgan fingerprint density at radius 2 is 2.00 bits per heavy atom. The molecule has 0 fully saturated rings. The van der Waals surface area contributed by atoms with Crippen LogP contribution < -0.4 is 5.32 Å². The molecule has 0 amide bonds. The second-order valence-electron chi connectivity index (χ2n) is 4.37. The van der Waals surface area contributed by atoms with Gasteiger partial charge in [-0.2, -0.15) is 0 Å². The van der Waals surface area contributed by atoms with Crippen molar-refractivity contribution in [2.45, 2.75) is 26.8 Å². The molecule has 1 unspecified atom stereocenters. The van der Waals surface area contributed by atoms with Gasteiger partial charge in [-0.25, -0.2) is 0 Å². The molecule has 0 saturated heterocycles. The molecular formula is C13H17BrN2. The largest absolute Gasteiger partial charge is 0.356 e. The summed E-state index contributed by atoms with van der Waals surface area (Å²) in [7, 11) is 1.97. The van der Waals surface area contributed by atoms with Crippen molar-refractivity contribution in [3.63, 3.8) is 0 Å². The topological polar surface area (TPSA) is 27.8 Å². The lowest BCUT2D eigenvalue weighted by atomic mass is 10.1. The molecule has 2 rings (SSSR count). The molecule has 16 heavy (non-hydrogen) atoms. The van der Waals surface area contributed by atoms with Gasteiger partial charge in [-0.1, -0.05) is 6.07 Å². The SMILES string of the molecule is CNC(C)c1[nH]c2cc(C)cc(C)c2c1Br. The van der Waals surface area contributed by atoms with Crippen LogP contribution in [0.4, 0.5) is 0 Å². The Balaban J connectivity index is 2.73. The van der Waals surface area contributed by atoms with E-state index in [2.05, 4.69) is 59.1 Å². The minimum absolute atomic E-state index is 0.321. The molecule has 1 aromatic carbocycles. The van der Waals surface area contributed by atoms with Gasteiger partial charge in [0, 0.05) is 27.1 Å². The number of halogens is 1. The third-order valence-corrected chi connectivity index (χ3v) is 3.89. The van der Waals surface area contributed by atoms with Crippen LogP contribution in [0.5, 0.6) is 0 Å². The molecule has 0 saturated carbocycles. The number of aromatic amines is 1. The molecule has 3 heteroatoms. The summed E-state index contributed by atoms with van der Waals surface area (Å²) in [6, 6.07) is 4.73. The first kappa shape index (κ1) is 11.7. The summed E-state index contributed by atoms with van der Waals surface area (Å²) in [6.45, 7) is 6.43. The third-order valence-electron chi connectivity index (χ3n) is 3.07. The average Bonchev–Trinajstić information content (AvgIpc) is 2.54. The molecule has 0 spiro atoms. The highest BCUT2D eigenvalue weighted by molar-refractivity contribution is 9.10. The van der Waals surface area contributed by atoms with Crippen molar-refractivity contribution in [1.29, 1.82) is 0 Å². The van der Waals surface area contributed by atoms with Gasteiger partial charge in [-0.15, -0.1) is 0 Å². The summed E-state index contributed by atoms with van der Waals surface area (Å²) in [5.41, 5.74) is 5.03. The highest BCUT2D eigenvalue weighted by atomic mass is 79.9. The molecule has 0 radical (unpaired) electrons. The number of rotatable bonds is 2. The van der Waals surface area contributed by atoms with Crippen LogP contribution in [-0.4, -0.2) is 12.0 Å². The minimum Gasteiger partial charge on any atom is -0.356 e. The molecular weight excluding hydrogens is 264 g/mol. The minimum atomic E-state index is 0.321. The summed E-state index contributed by atoms with van der Waals surface area (Å²) < 4.78 is 1.18. The molecule has 86 valence electrons. The van der Waals surface area contributed by atoms with E-state index in [4.69, 9.17) is 0 Å². The number of hydrogen-bond acceptors (Lipinski definition) is 1. The summed E-state index contributed by atoms with van der Waals surface area (Å²) in [6.07, 6.45) is 0. The van der Waals surface area contributed by atoms with Crippen molar-refractivity contribution in [3.05, 3.63) is 33.4 Å². The molecule has 2 aromatic rings. The van der Waals surface area contributed by atoms with E-state index in [1.165, 1.54) is 32.2 Å². The number of aromatic nitrogens is 1. The highest BCUT2D eigenvalue weighted by Crippen LogP contribution is 2.34. The van der Waals surface area contributed by atoms with Gasteiger partial charge < -0.3 is 10.3 Å². The van der Waals surface area contributed by atoms with E-state index in [1.54, 1.807) is 0 Å². The van der Waals surface area contributed by atoms with E-state index in [1.807, 2.05) is 7.05 Å². The van der Waals surface area contributed by atoms with Gasteiger partial charge in [0.15, 0.2) is 0 Å². The smallest absolute Gasteiger partial charge is 0.0480 e. The summed E-state index contributed by atoms with van der Waals surface area (Å²) in [5, 5.41) is 4.55. The Labute approximate surface area is 105 Å². The average molecular weight is 281 g/mol. The number of nitrogens with one attached hydrogen (secondary N) is 2. The fourth-order valence-corrected chi connectivity index (χ4v) is 3.10. The zero-order valence-electron chi connectivity index (χ0n) is 10.1. The van der Waals surface area contributed by atoms with Crippen LogP contribution in [0.15, 0.2) is 16.6 Å². The third kappa shape index (κ3) is 1.78. The lowest BCUT2D eigenvalue weighted by molar-refractivity contribution is 0.635. The van der Waals surface area contributed by atoms with E-state index < -0.39 is 0 Å². The monoisotopic (exact) mass is 280 g/mol. The molecule has 0 bridgehead atoms. The van der Waals surface area contributed by atoms with Crippen LogP contribution in [0.3, 0.4) is 0 Å². The lowest BCUT2D eigenvalue weighted by Crippen LogP contribution is -2.12. The predicted molar refractivity (Wildman–Crippen MR) is 72.9 cm³/mol. The summed E-state index contributed by atoms with van der Waals surface area (Å²) in [4.78, 5) is 3.49. The number of fused-ring (bicyclic) bond motifs is 1. The predicted octanol–water partition coefficient (Wildman–Crippen LogP) is 3.83. The molecule has 1 atom stereocenters. The van der Waals surface area contributed by atoms with Gasteiger partial charge in [0.2, 0.25) is 0 Å². The van der Waals surface area contributed by atoms with E-state index in [-0.39, 0.29) is 0 Å². The molecule has 2 N–H and O–H groups in total. The summed E-state index contributed by atoms with van der Waals surface area (Å²) in [5.74, 6) is 0. The zero-order valence-corrected chi connectivity index (χ0v) is 11.7. The fourth-order valence-electron chi connectivity index (χ4n) is 2.13. The van der Waals surface area contributed by atoms with Gasteiger partial charge in [-0.3, -0.25) is 0 Å². The first-order chi connectivity index (χ1) is 7.54. The number of aryl methyl sites for hydroxylation is 2. The molecule has 2 nitrogen and oxygen atoms in total. The van der Waals surface area contributed by atoms with E-state index in [0.29, 0.717) is 6.04 Å². The second kappa shape index (κ2) is 4.22. The maximum absolute atomic E-state index is 3.70. The van der Waals surface area contributed by atoms with E-state index in [0.717, 1.165) is 0 Å². The first-order valence-electron chi connectivity index (χ1n) is 5.50. The van der Waals surface area contributed by atoms with Crippen molar-refractivity contribution >= 4 is 26.8 Å². The lowest BCUT2D eigenvalue weighted by Gasteiger charge is -2.08. The molecule has 1 aromatic heterocycles. The van der Waals surface area contributed by atoms with Crippen molar-refractivity contribution in [2.24, 2.45) is 0 Å². The second-order valence-corrected chi connectivity index (χ2v) is 5.16. The number of benzene rings is 1. The van der Waals surface area contributed by atoms with Gasteiger partial charge in [-0.05, 0) is 60.9 Å². The molecule has 0 aliphatic heterocycles. The van der Waals surface area contributed by atoms with Crippen LogP contribution in [-0.2, 0) is 0 Å². The van der Waals surface area contributed by atoms with Crippen LogP contribution in [0.2, 0.25) is 0 Å². The van der Waals surface area contributed by atoms with Crippen molar-refractivity contribution in [2.75, 3.05) is 7.05 Å². The maximum Gasteiger partial charge on any atom is 0.0480 e. The van der Waals surface area contributed by atoms with Crippen LogP contribution >= 0.6 is 15.9 Å². The summed E-state index contributed by atoms with van der Waals surface area (Å²) >= 11 is 3.70. The zero-order chi connectivity index (χ0) is 11.9. The van der Waals surface area contributed by atoms with Gasteiger partial charge in [0.1, 0.15) is 0 Å². The Bertz CT molecular complexity index is 528. The van der Waals surface area contributed by atoms with E-state index >= 15 is 0 Å². The van der Waals surface area contributed by atoms with Crippen LogP contribution in [0.25, 0.3) is 10.9 Å². The molecule has 0 aliphatic rings. The Morgan fingerprint density at radius 1 is 1.31 bits per heavy atom. The Hall–Kier alpha value is -0.800. The quantitative estimate of drug-likeness (QED) is 0.860. The van der Waals surface area contributed by atoms with Crippen LogP contribution in [0.1, 0.15) is 29.8 Å². The van der Waals surface area contributed by atoms with Crippen molar-refractivity contribution < 1.29 is 0 Å². The van der Waals surface area contributed by atoms with Crippen LogP contribution in [0, 0.1) is 13.8 Å². The Morgan fingerprint density at radius 3 is 2.62 bits per heavy atom. The molecule has 0 aliphatic carbocycles. The van der Waals surface area contributed by atoms with Gasteiger partial charge in [0.05, 0.1) is 0 Å². The number of H-pyrrole nitrogens is 1.